The number of carboxylic acid groups (broad SMARTS) is 1. The van der Waals surface area contributed by atoms with Crippen LogP contribution in [-0.4, -0.2) is 35.5 Å². The van der Waals surface area contributed by atoms with Gasteiger partial charge in [-0.15, -0.1) is 0 Å². The van der Waals surface area contributed by atoms with Crippen molar-refractivity contribution >= 4 is 17.4 Å². The second kappa shape index (κ2) is 5.53. The van der Waals surface area contributed by atoms with Gasteiger partial charge in [-0.05, 0) is 38.5 Å². The molecule has 0 bridgehead atoms. The molecule has 2 atom stereocenters. The fourth-order valence-electron chi connectivity index (χ4n) is 2.51. The number of carboxylic acids is 1. The van der Waals surface area contributed by atoms with Gasteiger partial charge in [0.2, 0.25) is 0 Å². The zero-order valence-electron chi connectivity index (χ0n) is 11.9. The van der Waals surface area contributed by atoms with E-state index in [1.165, 1.54) is 6.92 Å². The number of fused-ring (bicyclic) bond motifs is 1. The highest BCUT2D eigenvalue weighted by molar-refractivity contribution is 5.96. The SMILES string of the molecule is CCC(C(=O)O)N1CC(C)Oc2ccc(C(C)=O)cc21. The zero-order chi connectivity index (χ0) is 14.9. The van der Waals surface area contributed by atoms with Gasteiger partial charge in [0.25, 0.3) is 0 Å². The molecule has 0 saturated carbocycles. The van der Waals surface area contributed by atoms with Crippen LogP contribution in [0, 0.1) is 0 Å². The third-order valence-corrected chi connectivity index (χ3v) is 3.50. The Kier molecular flexibility index (Phi) is 3.97. The highest BCUT2D eigenvalue weighted by atomic mass is 16.5. The van der Waals surface area contributed by atoms with Crippen LogP contribution < -0.4 is 9.64 Å². The summed E-state index contributed by atoms with van der Waals surface area (Å²) in [7, 11) is 0. The average Bonchev–Trinajstić information content (AvgIpc) is 2.38. The molecule has 0 radical (unpaired) electrons. The number of aliphatic carboxylic acids is 1. The predicted molar refractivity (Wildman–Crippen MR) is 75.6 cm³/mol. The van der Waals surface area contributed by atoms with E-state index in [2.05, 4.69) is 0 Å². The number of nitrogens with zero attached hydrogens (tertiary/aromatic N) is 1. The first-order chi connectivity index (χ1) is 9.43. The highest BCUT2D eigenvalue weighted by Crippen LogP contribution is 2.36. The third-order valence-electron chi connectivity index (χ3n) is 3.50. The largest absolute Gasteiger partial charge is 0.487 e. The number of rotatable bonds is 4. The van der Waals surface area contributed by atoms with Crippen LogP contribution in [-0.2, 0) is 4.79 Å². The molecule has 0 aliphatic carbocycles. The van der Waals surface area contributed by atoms with Crippen molar-refractivity contribution in [3.8, 4) is 5.75 Å². The van der Waals surface area contributed by atoms with Crippen molar-refractivity contribution in [3.63, 3.8) is 0 Å². The van der Waals surface area contributed by atoms with Crippen molar-refractivity contribution in [2.24, 2.45) is 0 Å². The summed E-state index contributed by atoms with van der Waals surface area (Å²) < 4.78 is 5.73. The summed E-state index contributed by atoms with van der Waals surface area (Å²) in [5.74, 6) is -0.274. The van der Waals surface area contributed by atoms with E-state index in [4.69, 9.17) is 4.74 Å². The van der Waals surface area contributed by atoms with Gasteiger partial charge in [-0.1, -0.05) is 6.92 Å². The first-order valence-electron chi connectivity index (χ1n) is 6.75. The Hall–Kier alpha value is -2.04. The second-order valence-electron chi connectivity index (χ2n) is 5.08. The Bertz CT molecular complexity index is 541. The Balaban J connectivity index is 2.48. The van der Waals surface area contributed by atoms with Crippen molar-refractivity contribution in [2.45, 2.75) is 39.3 Å². The van der Waals surface area contributed by atoms with Crippen molar-refractivity contribution in [1.82, 2.24) is 0 Å². The second-order valence-corrected chi connectivity index (χ2v) is 5.08. The molecular weight excluding hydrogens is 258 g/mol. The maximum Gasteiger partial charge on any atom is 0.326 e. The Morgan fingerprint density at radius 1 is 1.50 bits per heavy atom. The van der Waals surface area contributed by atoms with E-state index >= 15 is 0 Å². The number of hydrogen-bond donors (Lipinski definition) is 1. The van der Waals surface area contributed by atoms with E-state index < -0.39 is 12.0 Å². The predicted octanol–water partition coefficient (Wildman–Crippen LogP) is 2.34. The molecule has 0 saturated heterocycles. The fraction of sp³-hybridized carbons (Fsp3) is 0.467. The van der Waals surface area contributed by atoms with Gasteiger partial charge >= 0.3 is 5.97 Å². The van der Waals surface area contributed by atoms with Crippen LogP contribution in [0.5, 0.6) is 5.75 Å². The van der Waals surface area contributed by atoms with Gasteiger partial charge in [0.15, 0.2) is 5.78 Å². The Labute approximate surface area is 118 Å². The third kappa shape index (κ3) is 2.61. The van der Waals surface area contributed by atoms with E-state index in [9.17, 15) is 14.7 Å². The number of benzene rings is 1. The molecule has 20 heavy (non-hydrogen) atoms. The molecular formula is C15H19NO4. The van der Waals surface area contributed by atoms with Crippen molar-refractivity contribution in [3.05, 3.63) is 23.8 Å². The Morgan fingerprint density at radius 3 is 2.75 bits per heavy atom. The standard InChI is InChI=1S/C15H19NO4/c1-4-12(15(18)19)16-8-9(2)20-14-6-5-11(10(3)17)7-13(14)16/h5-7,9,12H,4,8H2,1-3H3,(H,18,19). The van der Waals surface area contributed by atoms with E-state index in [0.717, 1.165) is 0 Å². The minimum absolute atomic E-state index is 0.0465. The molecule has 1 aromatic rings. The number of ether oxygens (including phenoxy) is 1. The Morgan fingerprint density at radius 2 is 2.20 bits per heavy atom. The van der Waals surface area contributed by atoms with Crippen LogP contribution in [0.1, 0.15) is 37.6 Å². The van der Waals surface area contributed by atoms with Crippen LogP contribution in [0.2, 0.25) is 0 Å². The van der Waals surface area contributed by atoms with Gasteiger partial charge in [-0.2, -0.15) is 0 Å². The van der Waals surface area contributed by atoms with Gasteiger partial charge in [0, 0.05) is 5.56 Å². The molecule has 0 fully saturated rings. The molecule has 5 nitrogen and oxygen atoms in total. The maximum absolute atomic E-state index is 11.5. The molecule has 5 heteroatoms. The fourth-order valence-corrected chi connectivity index (χ4v) is 2.51. The molecule has 0 aromatic heterocycles. The van der Waals surface area contributed by atoms with Gasteiger partial charge in [0.05, 0.1) is 12.2 Å². The summed E-state index contributed by atoms with van der Waals surface area (Å²) in [6.07, 6.45) is 0.408. The van der Waals surface area contributed by atoms with Crippen LogP contribution in [0.3, 0.4) is 0 Å². The summed E-state index contributed by atoms with van der Waals surface area (Å²) in [6.45, 7) is 5.74. The lowest BCUT2D eigenvalue weighted by Crippen LogP contribution is -2.48. The molecule has 1 aromatic carbocycles. The van der Waals surface area contributed by atoms with Gasteiger partial charge < -0.3 is 14.7 Å². The quantitative estimate of drug-likeness (QED) is 0.856. The van der Waals surface area contributed by atoms with Crippen molar-refractivity contribution in [1.29, 1.82) is 0 Å². The van der Waals surface area contributed by atoms with Crippen molar-refractivity contribution in [2.75, 3.05) is 11.4 Å². The molecule has 108 valence electrons. The lowest BCUT2D eigenvalue weighted by atomic mass is 10.0. The smallest absolute Gasteiger partial charge is 0.326 e. The summed E-state index contributed by atoms with van der Waals surface area (Å²) >= 11 is 0. The van der Waals surface area contributed by atoms with Crippen LogP contribution in [0.15, 0.2) is 18.2 Å². The van der Waals surface area contributed by atoms with Crippen LogP contribution >= 0.6 is 0 Å². The number of ketones is 1. The van der Waals surface area contributed by atoms with E-state index in [1.807, 2.05) is 18.7 Å². The summed E-state index contributed by atoms with van der Waals surface area (Å²) in [5.41, 5.74) is 1.25. The normalized spacial score (nSPS) is 18.9. The van der Waals surface area contributed by atoms with Gasteiger partial charge in [-0.25, -0.2) is 4.79 Å². The maximum atomic E-state index is 11.5. The molecule has 1 N–H and O–H groups in total. The monoisotopic (exact) mass is 277 g/mol. The zero-order valence-corrected chi connectivity index (χ0v) is 11.9. The highest BCUT2D eigenvalue weighted by Gasteiger charge is 2.32. The lowest BCUT2D eigenvalue weighted by molar-refractivity contribution is -0.138. The lowest BCUT2D eigenvalue weighted by Gasteiger charge is -2.38. The molecule has 0 spiro atoms. The van der Waals surface area contributed by atoms with Crippen LogP contribution in [0.25, 0.3) is 0 Å². The van der Waals surface area contributed by atoms with E-state index in [1.54, 1.807) is 18.2 Å². The number of anilines is 1. The first-order valence-corrected chi connectivity index (χ1v) is 6.75. The van der Waals surface area contributed by atoms with E-state index in [-0.39, 0.29) is 11.9 Å². The van der Waals surface area contributed by atoms with Gasteiger partial charge in [-0.3, -0.25) is 4.79 Å². The van der Waals surface area contributed by atoms with Crippen LogP contribution in [0.4, 0.5) is 5.69 Å². The molecule has 1 aliphatic rings. The molecule has 1 aliphatic heterocycles. The minimum atomic E-state index is -0.860. The number of Topliss-reactive ketones (excluding diaryl/α,β-unsaturated/α-hetero) is 1. The van der Waals surface area contributed by atoms with Gasteiger partial charge in [0.1, 0.15) is 17.9 Å². The number of carbonyl (C=O) groups is 2. The molecule has 2 rings (SSSR count). The van der Waals surface area contributed by atoms with E-state index in [0.29, 0.717) is 30.0 Å². The minimum Gasteiger partial charge on any atom is -0.487 e. The molecule has 1 heterocycles. The molecule has 0 amide bonds. The summed E-state index contributed by atoms with van der Waals surface area (Å²) in [6, 6.07) is 4.56. The number of carbonyl (C=O) groups excluding carboxylic acids is 1. The summed E-state index contributed by atoms with van der Waals surface area (Å²) in [4.78, 5) is 24.7. The topological polar surface area (TPSA) is 66.8 Å². The average molecular weight is 277 g/mol. The first kappa shape index (κ1) is 14.4. The molecule has 2 unspecified atom stereocenters. The number of hydrogen-bond acceptors (Lipinski definition) is 4. The van der Waals surface area contributed by atoms with Crippen molar-refractivity contribution < 1.29 is 19.4 Å². The summed E-state index contributed by atoms with van der Waals surface area (Å²) in [5, 5.41) is 9.37.